The fourth-order valence-corrected chi connectivity index (χ4v) is 4.71. The van der Waals surface area contributed by atoms with Gasteiger partial charge in [0.1, 0.15) is 17.9 Å². The molecule has 0 aromatic heterocycles. The molecule has 0 spiro atoms. The smallest absolute Gasteiger partial charge is 0.246 e. The van der Waals surface area contributed by atoms with Gasteiger partial charge in [0.2, 0.25) is 17.7 Å². The van der Waals surface area contributed by atoms with Crippen molar-refractivity contribution < 1.29 is 18.8 Å². The number of amides is 3. The average molecular weight is 517 g/mol. The number of benzene rings is 2. The summed E-state index contributed by atoms with van der Waals surface area (Å²) in [7, 11) is 0. The summed E-state index contributed by atoms with van der Waals surface area (Å²) in [5, 5.41) is 3.43. The van der Waals surface area contributed by atoms with Crippen molar-refractivity contribution in [1.29, 1.82) is 0 Å². The second kappa shape index (κ2) is 12.8. The van der Waals surface area contributed by atoms with E-state index in [2.05, 4.69) is 5.32 Å². The van der Waals surface area contributed by atoms with Crippen LogP contribution in [0.4, 0.5) is 4.39 Å². The molecule has 9 heteroatoms. The highest BCUT2D eigenvalue weighted by Crippen LogP contribution is 2.22. The Hall–Kier alpha value is -2.97. The van der Waals surface area contributed by atoms with Crippen LogP contribution < -0.4 is 11.1 Å². The second-order valence-corrected chi connectivity index (χ2v) is 9.48. The van der Waals surface area contributed by atoms with E-state index >= 15 is 0 Å². The van der Waals surface area contributed by atoms with E-state index in [-0.39, 0.29) is 43.0 Å². The third-order valence-electron chi connectivity index (χ3n) is 6.43. The van der Waals surface area contributed by atoms with E-state index in [9.17, 15) is 18.8 Å². The Morgan fingerprint density at radius 2 is 1.67 bits per heavy atom. The zero-order chi connectivity index (χ0) is 26.2. The van der Waals surface area contributed by atoms with Crippen LogP contribution in [-0.4, -0.2) is 65.3 Å². The highest BCUT2D eigenvalue weighted by Gasteiger charge is 2.42. The molecule has 0 saturated carbocycles. The molecule has 0 aliphatic carbocycles. The molecular formula is C27H34ClFN4O3. The predicted molar refractivity (Wildman–Crippen MR) is 138 cm³/mol. The first kappa shape index (κ1) is 27.6. The third kappa shape index (κ3) is 6.83. The number of likely N-dealkylation sites (N-methyl/N-ethyl adjacent to an activating group) is 1. The average Bonchev–Trinajstić information content (AvgIpc) is 2.86. The zero-order valence-corrected chi connectivity index (χ0v) is 21.5. The summed E-state index contributed by atoms with van der Waals surface area (Å²) in [6, 6.07) is 10.8. The Morgan fingerprint density at radius 1 is 1.06 bits per heavy atom. The lowest BCUT2D eigenvalue weighted by molar-refractivity contribution is -0.156. The van der Waals surface area contributed by atoms with Crippen LogP contribution in [0.1, 0.15) is 37.8 Å². The number of carbonyl (C=O) groups is 3. The maximum Gasteiger partial charge on any atom is 0.246 e. The molecule has 0 bridgehead atoms. The van der Waals surface area contributed by atoms with Crippen LogP contribution in [0, 0.1) is 5.82 Å². The van der Waals surface area contributed by atoms with E-state index in [1.54, 1.807) is 34.1 Å². The fraction of sp³-hybridized carbons (Fsp3) is 0.444. The van der Waals surface area contributed by atoms with Crippen molar-refractivity contribution in [3.63, 3.8) is 0 Å². The van der Waals surface area contributed by atoms with Gasteiger partial charge in [0, 0.05) is 31.1 Å². The Bertz CT molecular complexity index is 1050. The number of halogens is 2. The molecule has 2 aromatic carbocycles. The molecule has 3 unspecified atom stereocenters. The highest BCUT2D eigenvalue weighted by atomic mass is 35.5. The number of nitrogens with two attached hydrogens (primary N) is 1. The van der Waals surface area contributed by atoms with Crippen LogP contribution in [-0.2, 0) is 27.2 Å². The van der Waals surface area contributed by atoms with Crippen molar-refractivity contribution in [3.05, 3.63) is 70.5 Å². The summed E-state index contributed by atoms with van der Waals surface area (Å²) in [4.78, 5) is 43.1. The molecule has 2 aromatic rings. The first-order valence-electron chi connectivity index (χ1n) is 12.4. The third-order valence-corrected chi connectivity index (χ3v) is 6.68. The minimum Gasteiger partial charge on any atom is -0.355 e. The van der Waals surface area contributed by atoms with Gasteiger partial charge in [0.25, 0.3) is 0 Å². The quantitative estimate of drug-likeness (QED) is 0.507. The van der Waals surface area contributed by atoms with E-state index < -0.39 is 18.1 Å². The molecular weight excluding hydrogens is 483 g/mol. The number of nitrogens with one attached hydrogen (secondary N) is 1. The Kier molecular flexibility index (Phi) is 9.84. The summed E-state index contributed by atoms with van der Waals surface area (Å²) >= 11 is 6.01. The molecule has 1 aliphatic rings. The molecule has 3 rings (SSSR count). The monoisotopic (exact) mass is 516 g/mol. The molecule has 3 atom stereocenters. The molecule has 36 heavy (non-hydrogen) atoms. The van der Waals surface area contributed by atoms with Gasteiger partial charge in [-0.1, -0.05) is 49.2 Å². The van der Waals surface area contributed by atoms with Gasteiger partial charge < -0.3 is 20.9 Å². The van der Waals surface area contributed by atoms with E-state index in [0.29, 0.717) is 30.8 Å². The van der Waals surface area contributed by atoms with Crippen molar-refractivity contribution in [2.75, 3.05) is 19.6 Å². The Morgan fingerprint density at radius 3 is 2.28 bits per heavy atom. The van der Waals surface area contributed by atoms with Gasteiger partial charge in [0.15, 0.2) is 0 Å². The summed E-state index contributed by atoms with van der Waals surface area (Å²) < 4.78 is 13.2. The lowest BCUT2D eigenvalue weighted by atomic mass is 9.97. The van der Waals surface area contributed by atoms with Crippen molar-refractivity contribution >= 4 is 29.3 Å². The van der Waals surface area contributed by atoms with Crippen LogP contribution in [0.2, 0.25) is 5.02 Å². The molecule has 1 aliphatic heterocycles. The van der Waals surface area contributed by atoms with Crippen LogP contribution in [0.5, 0.6) is 0 Å². The minimum absolute atomic E-state index is 0.226. The molecule has 1 heterocycles. The summed E-state index contributed by atoms with van der Waals surface area (Å²) in [5.41, 5.74) is 7.86. The van der Waals surface area contributed by atoms with Gasteiger partial charge in [-0.3, -0.25) is 14.4 Å². The Labute approximate surface area is 216 Å². The first-order chi connectivity index (χ1) is 17.2. The van der Waals surface area contributed by atoms with Crippen molar-refractivity contribution in [2.24, 2.45) is 5.73 Å². The number of nitrogens with zero attached hydrogens (tertiary/aromatic N) is 2. The molecule has 3 amide bonds. The molecule has 0 radical (unpaired) electrons. The number of hydrogen-bond acceptors (Lipinski definition) is 4. The molecule has 194 valence electrons. The van der Waals surface area contributed by atoms with Gasteiger partial charge in [0.05, 0.1) is 6.04 Å². The summed E-state index contributed by atoms with van der Waals surface area (Å²) in [6.45, 7) is 4.73. The molecule has 1 fully saturated rings. The molecule has 1 saturated heterocycles. The van der Waals surface area contributed by atoms with Crippen LogP contribution in [0.15, 0.2) is 48.5 Å². The maximum atomic E-state index is 13.7. The van der Waals surface area contributed by atoms with Gasteiger partial charge in [-0.15, -0.1) is 0 Å². The Balaban J connectivity index is 1.79. The SMILES string of the molecule is CCCC1C(=O)N(C(Cc2ccc(Cl)cc2)C(=O)NCC)CCN1C(=O)C(N)Cc1ccc(F)cc1. The van der Waals surface area contributed by atoms with E-state index in [4.69, 9.17) is 17.3 Å². The highest BCUT2D eigenvalue weighted by molar-refractivity contribution is 6.30. The van der Waals surface area contributed by atoms with Gasteiger partial charge in [-0.05, 0) is 55.2 Å². The van der Waals surface area contributed by atoms with E-state index in [1.807, 2.05) is 26.0 Å². The normalized spacial score (nSPS) is 17.6. The van der Waals surface area contributed by atoms with Gasteiger partial charge in [-0.2, -0.15) is 0 Å². The van der Waals surface area contributed by atoms with Gasteiger partial charge in [-0.25, -0.2) is 4.39 Å². The molecule has 3 N–H and O–H groups in total. The minimum atomic E-state index is -0.859. The van der Waals surface area contributed by atoms with Crippen LogP contribution in [0.3, 0.4) is 0 Å². The van der Waals surface area contributed by atoms with Crippen molar-refractivity contribution in [1.82, 2.24) is 15.1 Å². The topological polar surface area (TPSA) is 95.7 Å². The second-order valence-electron chi connectivity index (χ2n) is 9.05. The fourth-order valence-electron chi connectivity index (χ4n) is 4.59. The van der Waals surface area contributed by atoms with Gasteiger partial charge >= 0.3 is 0 Å². The molecule has 7 nitrogen and oxygen atoms in total. The van der Waals surface area contributed by atoms with Crippen molar-refractivity contribution in [2.45, 2.75) is 57.7 Å². The number of rotatable bonds is 10. The van der Waals surface area contributed by atoms with E-state index in [1.165, 1.54) is 12.1 Å². The van der Waals surface area contributed by atoms with E-state index in [0.717, 1.165) is 11.1 Å². The van der Waals surface area contributed by atoms with Crippen LogP contribution in [0.25, 0.3) is 0 Å². The first-order valence-corrected chi connectivity index (χ1v) is 12.8. The summed E-state index contributed by atoms with van der Waals surface area (Å²) in [5.74, 6) is -1.17. The predicted octanol–water partition coefficient (Wildman–Crippen LogP) is 2.94. The maximum absolute atomic E-state index is 13.7. The lowest BCUT2D eigenvalue weighted by Crippen LogP contribution is -2.65. The number of carbonyl (C=O) groups excluding carboxylic acids is 3. The number of piperazine rings is 1. The standard InChI is InChI=1S/C27H34ClFN4O3/c1-3-5-23-27(36)33(24(25(34)31-4-2)17-19-6-10-20(28)11-7-19)15-14-32(23)26(35)22(30)16-18-8-12-21(29)13-9-18/h6-13,22-24H,3-5,14-17,30H2,1-2H3,(H,31,34). The largest absolute Gasteiger partial charge is 0.355 e. The number of hydrogen-bond donors (Lipinski definition) is 2. The lowest BCUT2D eigenvalue weighted by Gasteiger charge is -2.44. The summed E-state index contributed by atoms with van der Waals surface area (Å²) in [6.07, 6.45) is 1.73. The van der Waals surface area contributed by atoms with Crippen molar-refractivity contribution in [3.8, 4) is 0 Å². The van der Waals surface area contributed by atoms with Crippen LogP contribution >= 0.6 is 11.6 Å². The zero-order valence-electron chi connectivity index (χ0n) is 20.8.